The second-order valence-electron chi connectivity index (χ2n) is 5.03. The molecule has 2 rings (SSSR count). The summed E-state index contributed by atoms with van der Waals surface area (Å²) in [7, 11) is 0. The highest BCUT2D eigenvalue weighted by atomic mass is 16.2. The number of aromatic amines is 1. The van der Waals surface area contributed by atoms with Gasteiger partial charge in [0.2, 0.25) is 5.82 Å². The maximum absolute atomic E-state index is 12.3. The first kappa shape index (κ1) is 13.0. The molecule has 1 aromatic rings. The summed E-state index contributed by atoms with van der Waals surface area (Å²) >= 11 is 0. The van der Waals surface area contributed by atoms with Crippen molar-refractivity contribution in [3.8, 4) is 0 Å². The monoisotopic (exact) mass is 251 g/mol. The van der Waals surface area contributed by atoms with Gasteiger partial charge in [-0.15, -0.1) is 5.10 Å². The second kappa shape index (κ2) is 5.48. The van der Waals surface area contributed by atoms with Crippen molar-refractivity contribution in [2.24, 2.45) is 0 Å². The minimum absolute atomic E-state index is 0.0752. The van der Waals surface area contributed by atoms with E-state index < -0.39 is 0 Å². The Labute approximate surface area is 107 Å². The summed E-state index contributed by atoms with van der Waals surface area (Å²) in [5.41, 5.74) is 0. The van der Waals surface area contributed by atoms with Crippen LogP contribution in [0.3, 0.4) is 0 Å². The Morgan fingerprint density at radius 1 is 1.39 bits per heavy atom. The number of aromatic nitrogens is 3. The number of amides is 1. The van der Waals surface area contributed by atoms with E-state index in [-0.39, 0.29) is 5.91 Å². The van der Waals surface area contributed by atoms with E-state index in [2.05, 4.69) is 41.3 Å². The zero-order chi connectivity index (χ0) is 13.1. The van der Waals surface area contributed by atoms with Crippen LogP contribution in [0.2, 0.25) is 0 Å². The van der Waals surface area contributed by atoms with Gasteiger partial charge in [-0.05, 0) is 20.3 Å². The lowest BCUT2D eigenvalue weighted by Crippen LogP contribution is -2.56. The predicted octanol–water partition coefficient (Wildman–Crippen LogP) is 0.580. The van der Waals surface area contributed by atoms with Crippen molar-refractivity contribution in [3.63, 3.8) is 0 Å². The van der Waals surface area contributed by atoms with Crippen LogP contribution in [0.5, 0.6) is 0 Å². The van der Waals surface area contributed by atoms with E-state index in [0.29, 0.717) is 31.0 Å². The average molecular weight is 251 g/mol. The van der Waals surface area contributed by atoms with Crippen molar-refractivity contribution < 1.29 is 4.79 Å². The van der Waals surface area contributed by atoms with Gasteiger partial charge in [0, 0.05) is 31.6 Å². The van der Waals surface area contributed by atoms with Crippen molar-refractivity contribution in [2.75, 3.05) is 13.1 Å². The number of piperazine rings is 1. The molecule has 6 heteroatoms. The number of carbonyl (C=O) groups is 1. The Morgan fingerprint density at radius 2 is 2.06 bits per heavy atom. The molecule has 1 saturated heterocycles. The van der Waals surface area contributed by atoms with Gasteiger partial charge in [-0.25, -0.2) is 4.98 Å². The van der Waals surface area contributed by atoms with Gasteiger partial charge in [-0.2, -0.15) is 0 Å². The summed E-state index contributed by atoms with van der Waals surface area (Å²) in [4.78, 5) is 18.3. The highest BCUT2D eigenvalue weighted by Gasteiger charge is 2.27. The summed E-state index contributed by atoms with van der Waals surface area (Å²) in [5, 5.41) is 10.2. The van der Waals surface area contributed by atoms with E-state index in [1.54, 1.807) is 0 Å². The highest BCUT2D eigenvalue weighted by Crippen LogP contribution is 2.08. The number of H-pyrrole nitrogens is 1. The summed E-state index contributed by atoms with van der Waals surface area (Å²) in [5.74, 6) is 1.01. The van der Waals surface area contributed by atoms with Crippen LogP contribution in [0.1, 0.15) is 43.6 Å². The van der Waals surface area contributed by atoms with Crippen molar-refractivity contribution in [1.29, 1.82) is 0 Å². The molecule has 18 heavy (non-hydrogen) atoms. The molecule has 0 saturated carbocycles. The molecule has 0 aliphatic carbocycles. The van der Waals surface area contributed by atoms with Crippen molar-refractivity contribution in [3.05, 3.63) is 11.6 Å². The lowest BCUT2D eigenvalue weighted by Gasteiger charge is -2.35. The summed E-state index contributed by atoms with van der Waals surface area (Å²) < 4.78 is 0. The van der Waals surface area contributed by atoms with Crippen molar-refractivity contribution >= 4 is 5.91 Å². The molecule has 2 N–H and O–H groups in total. The third-order valence-corrected chi connectivity index (χ3v) is 3.05. The zero-order valence-corrected chi connectivity index (χ0v) is 11.2. The standard InChI is InChI=1S/C12H21N5O/c1-4-5-10-14-11(16-15-10)12(18)17-6-8(2)13-9(3)7-17/h8-9,13H,4-7H2,1-3H3,(H,14,15,16). The Morgan fingerprint density at radius 3 is 2.67 bits per heavy atom. The van der Waals surface area contributed by atoms with Crippen LogP contribution in [0.25, 0.3) is 0 Å². The molecule has 0 bridgehead atoms. The topological polar surface area (TPSA) is 73.9 Å². The van der Waals surface area contributed by atoms with Gasteiger partial charge >= 0.3 is 0 Å². The highest BCUT2D eigenvalue weighted by molar-refractivity contribution is 5.90. The van der Waals surface area contributed by atoms with Crippen molar-refractivity contribution in [2.45, 2.75) is 45.7 Å². The summed E-state index contributed by atoms with van der Waals surface area (Å²) in [6.07, 6.45) is 1.82. The summed E-state index contributed by atoms with van der Waals surface area (Å²) in [6.45, 7) is 7.65. The van der Waals surface area contributed by atoms with Gasteiger partial charge < -0.3 is 10.2 Å². The van der Waals surface area contributed by atoms with Crippen LogP contribution in [0, 0.1) is 0 Å². The molecule has 2 heterocycles. The van der Waals surface area contributed by atoms with Gasteiger partial charge in [0.25, 0.3) is 5.91 Å². The number of hydrogen-bond donors (Lipinski definition) is 2. The van der Waals surface area contributed by atoms with Crippen LogP contribution < -0.4 is 5.32 Å². The fraction of sp³-hybridized carbons (Fsp3) is 0.750. The minimum atomic E-state index is -0.0752. The SMILES string of the molecule is CCCc1nc(C(=O)N2CC(C)NC(C)C2)n[nH]1. The minimum Gasteiger partial charge on any atom is -0.333 e. The van der Waals surface area contributed by atoms with Gasteiger partial charge in [0.05, 0.1) is 0 Å². The molecule has 0 radical (unpaired) electrons. The van der Waals surface area contributed by atoms with Gasteiger partial charge in [0.15, 0.2) is 0 Å². The van der Waals surface area contributed by atoms with E-state index in [1.165, 1.54) is 0 Å². The van der Waals surface area contributed by atoms with E-state index in [9.17, 15) is 4.79 Å². The van der Waals surface area contributed by atoms with Crippen molar-refractivity contribution in [1.82, 2.24) is 25.4 Å². The fourth-order valence-electron chi connectivity index (χ4n) is 2.37. The maximum atomic E-state index is 12.3. The third-order valence-electron chi connectivity index (χ3n) is 3.05. The first-order chi connectivity index (χ1) is 8.60. The van der Waals surface area contributed by atoms with E-state index >= 15 is 0 Å². The molecule has 1 fully saturated rings. The first-order valence-corrected chi connectivity index (χ1v) is 6.56. The number of nitrogens with zero attached hydrogens (tertiary/aromatic N) is 3. The van der Waals surface area contributed by atoms with Crippen LogP contribution in [-0.2, 0) is 6.42 Å². The zero-order valence-electron chi connectivity index (χ0n) is 11.2. The Kier molecular flexibility index (Phi) is 3.96. The molecule has 1 aliphatic rings. The smallest absolute Gasteiger partial charge is 0.293 e. The van der Waals surface area contributed by atoms with Crippen LogP contribution in [0.15, 0.2) is 0 Å². The molecule has 2 atom stereocenters. The summed E-state index contributed by atoms with van der Waals surface area (Å²) in [6, 6.07) is 0.624. The fourth-order valence-corrected chi connectivity index (χ4v) is 2.37. The second-order valence-corrected chi connectivity index (χ2v) is 5.03. The van der Waals surface area contributed by atoms with Crippen LogP contribution >= 0.6 is 0 Å². The number of aryl methyl sites for hydroxylation is 1. The van der Waals surface area contributed by atoms with Crippen LogP contribution in [-0.4, -0.2) is 51.2 Å². The molecule has 1 aromatic heterocycles. The maximum Gasteiger partial charge on any atom is 0.293 e. The number of nitrogens with one attached hydrogen (secondary N) is 2. The molecule has 1 amide bonds. The Balaban J connectivity index is 2.05. The molecule has 0 spiro atoms. The lowest BCUT2D eigenvalue weighted by molar-refractivity contribution is 0.0662. The number of rotatable bonds is 3. The molecule has 6 nitrogen and oxygen atoms in total. The predicted molar refractivity (Wildman–Crippen MR) is 68.3 cm³/mol. The van der Waals surface area contributed by atoms with Gasteiger partial charge in [0.1, 0.15) is 5.82 Å². The molecule has 100 valence electrons. The normalized spacial score (nSPS) is 24.3. The lowest BCUT2D eigenvalue weighted by atomic mass is 10.1. The first-order valence-electron chi connectivity index (χ1n) is 6.56. The molecule has 2 unspecified atom stereocenters. The largest absolute Gasteiger partial charge is 0.333 e. The molecular formula is C12H21N5O. The van der Waals surface area contributed by atoms with E-state index in [0.717, 1.165) is 18.7 Å². The van der Waals surface area contributed by atoms with Gasteiger partial charge in [-0.3, -0.25) is 9.89 Å². The Hall–Kier alpha value is -1.43. The average Bonchev–Trinajstić information content (AvgIpc) is 2.76. The Bertz CT molecular complexity index is 406. The van der Waals surface area contributed by atoms with E-state index in [1.807, 2.05) is 4.90 Å². The number of carbonyl (C=O) groups excluding carboxylic acids is 1. The molecule has 0 aromatic carbocycles. The quantitative estimate of drug-likeness (QED) is 0.824. The molecular weight excluding hydrogens is 230 g/mol. The number of hydrogen-bond acceptors (Lipinski definition) is 4. The van der Waals surface area contributed by atoms with Crippen LogP contribution in [0.4, 0.5) is 0 Å². The molecule has 1 aliphatic heterocycles. The third kappa shape index (κ3) is 2.87. The van der Waals surface area contributed by atoms with E-state index in [4.69, 9.17) is 0 Å². The van der Waals surface area contributed by atoms with Gasteiger partial charge in [-0.1, -0.05) is 6.92 Å².